The minimum Gasteiger partial charge on any atom is -0.781 e. The number of hydrogen-bond donors (Lipinski definition) is 0. The van der Waals surface area contributed by atoms with Gasteiger partial charge in [0.2, 0.25) is 0 Å². The summed E-state index contributed by atoms with van der Waals surface area (Å²) in [6.07, 6.45) is 0. The van der Waals surface area contributed by atoms with Crippen molar-refractivity contribution in [3.63, 3.8) is 0 Å². The summed E-state index contributed by atoms with van der Waals surface area (Å²) in [5.41, 5.74) is 0. The first-order valence-electron chi connectivity index (χ1n) is 15.9. The van der Waals surface area contributed by atoms with Crippen molar-refractivity contribution in [2.75, 3.05) is 0 Å². The van der Waals surface area contributed by atoms with Gasteiger partial charge in [-0.05, 0) is 47.7 Å². The second-order valence-corrected chi connectivity index (χ2v) is 15.5. The molecule has 0 heterocycles. The van der Waals surface area contributed by atoms with Crippen molar-refractivity contribution >= 4 is 72.9 Å². The van der Waals surface area contributed by atoms with Crippen molar-refractivity contribution < 1.29 is 57.6 Å². The predicted octanol–water partition coefficient (Wildman–Crippen LogP) is 8.23. The summed E-state index contributed by atoms with van der Waals surface area (Å²) in [5, 5.41) is 8.39. The van der Waals surface area contributed by atoms with E-state index in [1.54, 1.807) is 0 Å². The van der Waals surface area contributed by atoms with Crippen molar-refractivity contribution in [2.45, 2.75) is 9.79 Å². The standard InChI is InChI=1S/2C18H15P.C6H6S2.4CO.2Ru/c2*1-4-10-16(11-5-1)19(17-12-6-2-7-13-17)18-14-8-3-9-15-18;7-5-3-1-2-4-6(5)8;4*1-2;;/h2*1-15H;1-4,7-8H;;;;;;/q;;;;;;;2*+1/p-2. The maximum absolute atomic E-state index is 7.50. The maximum Gasteiger partial charge on any atom is 1.00 e. The Hall–Kier alpha value is -3.95. The summed E-state index contributed by atoms with van der Waals surface area (Å²) < 4.78 is 30.0. The monoisotopic (exact) mass is 980 g/mol. The summed E-state index contributed by atoms with van der Waals surface area (Å²) in [4.78, 5) is 1.53. The molecule has 2 radical (unpaired) electrons. The van der Waals surface area contributed by atoms with Crippen molar-refractivity contribution in [2.24, 2.45) is 0 Å². The van der Waals surface area contributed by atoms with Gasteiger partial charge in [0.15, 0.2) is 0 Å². The minimum atomic E-state index is -0.446. The van der Waals surface area contributed by atoms with E-state index >= 15 is 0 Å². The number of hydrogen-bond acceptors (Lipinski definition) is 2. The Morgan fingerprint density at radius 2 is 0.375 bits per heavy atom. The van der Waals surface area contributed by atoms with Crippen molar-refractivity contribution in [3.8, 4) is 0 Å². The summed E-state index contributed by atoms with van der Waals surface area (Å²) in [6.45, 7) is 18.0. The van der Waals surface area contributed by atoms with Crippen molar-refractivity contribution in [1.82, 2.24) is 0 Å². The van der Waals surface area contributed by atoms with Crippen LogP contribution in [-0.2, 0) is 82.8 Å². The van der Waals surface area contributed by atoms with Crippen LogP contribution in [0.2, 0.25) is 0 Å². The molecule has 7 aromatic carbocycles. The van der Waals surface area contributed by atoms with Gasteiger partial charge in [-0.1, -0.05) is 206 Å². The zero-order chi connectivity index (χ0) is 39.8. The Morgan fingerprint density at radius 1 is 0.250 bits per heavy atom. The van der Waals surface area contributed by atoms with E-state index in [2.05, 4.69) is 209 Å². The van der Waals surface area contributed by atoms with Gasteiger partial charge in [0.05, 0.1) is 0 Å². The molecule has 0 saturated heterocycles. The van der Waals surface area contributed by atoms with Gasteiger partial charge in [-0.25, -0.2) is 0 Å². The molecule has 0 fully saturated rings. The fourth-order valence-electron chi connectivity index (χ4n) is 4.81. The van der Waals surface area contributed by atoms with Gasteiger partial charge in [-0.2, -0.15) is 9.79 Å². The predicted molar refractivity (Wildman–Crippen MR) is 224 cm³/mol. The molecule has 56 heavy (non-hydrogen) atoms. The van der Waals surface area contributed by atoms with Crippen molar-refractivity contribution in [1.29, 1.82) is 0 Å². The van der Waals surface area contributed by atoms with Crippen LogP contribution in [0.1, 0.15) is 0 Å². The van der Waals surface area contributed by atoms with E-state index in [1.807, 2.05) is 24.3 Å². The molecule has 0 aromatic heterocycles. The average Bonchev–Trinajstić information content (AvgIpc) is 3.28. The van der Waals surface area contributed by atoms with Gasteiger partial charge >= 0.3 is 84.2 Å². The number of rotatable bonds is 6. The molecule has 0 aliphatic heterocycles. The van der Waals surface area contributed by atoms with Crippen LogP contribution >= 0.6 is 15.8 Å². The zero-order valence-corrected chi connectivity index (χ0v) is 36.6. The molecule has 10 heteroatoms. The van der Waals surface area contributed by atoms with Crippen molar-refractivity contribution in [3.05, 3.63) is 233 Å². The van der Waals surface area contributed by atoms with Crippen LogP contribution in [0, 0.1) is 26.6 Å². The van der Waals surface area contributed by atoms with Gasteiger partial charge in [-0.15, -0.1) is 0 Å². The molecule has 0 spiro atoms. The van der Waals surface area contributed by atoms with Crippen LogP contribution in [0.15, 0.2) is 216 Å². The molecule has 0 saturated carbocycles. The van der Waals surface area contributed by atoms with Gasteiger partial charge in [0.25, 0.3) is 0 Å². The molecular weight excluding hydrogens is 945 g/mol. The van der Waals surface area contributed by atoms with E-state index in [0.29, 0.717) is 0 Å². The molecule has 7 rings (SSSR count). The van der Waals surface area contributed by atoms with Crippen LogP contribution in [0.25, 0.3) is 0 Å². The molecule has 0 atom stereocenters. The van der Waals surface area contributed by atoms with E-state index in [9.17, 15) is 0 Å². The van der Waals surface area contributed by atoms with Gasteiger partial charge in [0.1, 0.15) is 0 Å². The minimum absolute atomic E-state index is 0. The summed E-state index contributed by atoms with van der Waals surface area (Å²) in [5.74, 6) is 0. The fraction of sp³-hybridized carbons (Fsp3) is 0. The first-order chi connectivity index (χ1) is 26.7. The average molecular weight is 979 g/mol. The topological polar surface area (TPSA) is 79.6 Å². The first kappa shape index (κ1) is 54.1. The Morgan fingerprint density at radius 3 is 0.500 bits per heavy atom. The first-order valence-corrected chi connectivity index (χ1v) is 19.4. The summed E-state index contributed by atoms with van der Waals surface area (Å²) in [6, 6.07) is 72.1. The largest absolute Gasteiger partial charge is 1.00 e. The Labute approximate surface area is 370 Å². The fourth-order valence-corrected chi connectivity index (χ4v) is 9.71. The van der Waals surface area contributed by atoms with Crippen LogP contribution in [0.4, 0.5) is 0 Å². The van der Waals surface area contributed by atoms with Gasteiger partial charge < -0.3 is 25.3 Å². The molecule has 7 aromatic rings. The summed E-state index contributed by atoms with van der Waals surface area (Å²) >= 11 is 9.70. The SMILES string of the molecule is [C-]#[O+].[C-]#[O+].[C-]#[O+].[C-]#[O+].[Ru+].[Ru+].[S-]c1ccccc1[S-].c1ccc(P(c2ccccc2)c2ccccc2)cc1.c1ccc(P(c2ccccc2)c2ccccc2)cc1. The smallest absolute Gasteiger partial charge is 0.781 e. The van der Waals surface area contributed by atoms with Crippen LogP contribution < -0.4 is 31.8 Å². The molecule has 0 unspecified atom stereocenters. The third-order valence-corrected chi connectivity index (χ3v) is 12.7. The summed E-state index contributed by atoms with van der Waals surface area (Å²) in [7, 11) is -0.892. The Bertz CT molecular complexity index is 1710. The zero-order valence-electron chi connectivity index (χ0n) is 29.7. The van der Waals surface area contributed by atoms with E-state index in [1.165, 1.54) is 31.8 Å². The van der Waals surface area contributed by atoms with Crippen LogP contribution in [0.3, 0.4) is 0 Å². The molecule has 0 bridgehead atoms. The third kappa shape index (κ3) is 19.3. The molecular formula is C46H34O4P2Ru2S2. The maximum atomic E-state index is 7.50. The quantitative estimate of drug-likeness (QED) is 0.0554. The second-order valence-electron chi connectivity index (χ2n) is 10.1. The van der Waals surface area contributed by atoms with E-state index in [4.69, 9.17) is 43.9 Å². The van der Waals surface area contributed by atoms with Gasteiger partial charge in [-0.3, -0.25) is 0 Å². The molecule has 0 aliphatic carbocycles. The van der Waals surface area contributed by atoms with E-state index < -0.39 is 15.8 Å². The van der Waals surface area contributed by atoms with E-state index in [-0.39, 0.29) is 39.0 Å². The van der Waals surface area contributed by atoms with Gasteiger partial charge in [0, 0.05) is 0 Å². The Kier molecular flexibility index (Phi) is 34.3. The second kappa shape index (κ2) is 35.5. The molecule has 4 nitrogen and oxygen atoms in total. The van der Waals surface area contributed by atoms with E-state index in [0.717, 1.165) is 9.79 Å². The third-order valence-electron chi connectivity index (χ3n) is 6.94. The normalized spacial score (nSPS) is 8.61. The molecule has 280 valence electrons. The van der Waals surface area contributed by atoms with Crippen LogP contribution in [-0.4, -0.2) is 0 Å². The number of benzene rings is 7. The molecule has 0 aliphatic rings. The Balaban J connectivity index is 0. The molecule has 0 amide bonds. The van der Waals surface area contributed by atoms with Crippen LogP contribution in [0.5, 0.6) is 0 Å². The molecule has 0 N–H and O–H groups in total.